The first kappa shape index (κ1) is 21.1. The molecule has 156 valence electrons. The van der Waals surface area contributed by atoms with Crippen molar-refractivity contribution in [1.29, 1.82) is 0 Å². The third kappa shape index (κ3) is 5.95. The standard InChI is InChI=1S/C23H38N4O/c1-4-26-12-14-27(15-13-26)18-21-10-8-20(9-11-21)17-24-23(28)25(3)22-7-5-6-19(2)16-22/h8-11,19,22H,4-7,12-18H2,1-3H3,(H,24,28). The molecule has 1 heterocycles. The highest BCUT2D eigenvalue weighted by Gasteiger charge is 2.25. The van der Waals surface area contributed by atoms with Gasteiger partial charge in [0.1, 0.15) is 0 Å². The second-order valence-electron chi connectivity index (χ2n) is 8.72. The van der Waals surface area contributed by atoms with Crippen LogP contribution in [0.3, 0.4) is 0 Å². The molecule has 1 aromatic carbocycles. The molecule has 0 spiro atoms. The average Bonchev–Trinajstić information content (AvgIpc) is 2.73. The van der Waals surface area contributed by atoms with Crippen LogP contribution in [0.25, 0.3) is 0 Å². The summed E-state index contributed by atoms with van der Waals surface area (Å²) < 4.78 is 0. The summed E-state index contributed by atoms with van der Waals surface area (Å²) in [5, 5.41) is 3.09. The largest absolute Gasteiger partial charge is 0.334 e. The molecule has 2 amide bonds. The summed E-state index contributed by atoms with van der Waals surface area (Å²) in [6.07, 6.45) is 4.80. The van der Waals surface area contributed by atoms with E-state index in [4.69, 9.17) is 0 Å². The van der Waals surface area contributed by atoms with Gasteiger partial charge in [-0.2, -0.15) is 0 Å². The van der Waals surface area contributed by atoms with Gasteiger partial charge < -0.3 is 15.1 Å². The maximum atomic E-state index is 12.5. The van der Waals surface area contributed by atoms with E-state index in [1.165, 1.54) is 37.1 Å². The minimum atomic E-state index is 0.0528. The van der Waals surface area contributed by atoms with Crippen molar-refractivity contribution in [3.05, 3.63) is 35.4 Å². The number of nitrogens with one attached hydrogen (secondary N) is 1. The van der Waals surface area contributed by atoms with Gasteiger partial charge in [-0.1, -0.05) is 51.0 Å². The monoisotopic (exact) mass is 386 g/mol. The zero-order valence-electron chi connectivity index (χ0n) is 18.0. The van der Waals surface area contributed by atoms with Crippen LogP contribution in [0, 0.1) is 5.92 Å². The van der Waals surface area contributed by atoms with E-state index in [0.717, 1.165) is 44.9 Å². The van der Waals surface area contributed by atoms with E-state index in [0.29, 0.717) is 12.6 Å². The molecular weight excluding hydrogens is 348 g/mol. The highest BCUT2D eigenvalue weighted by atomic mass is 16.2. The van der Waals surface area contributed by atoms with E-state index in [1.807, 2.05) is 11.9 Å². The van der Waals surface area contributed by atoms with Crippen molar-refractivity contribution in [2.75, 3.05) is 39.8 Å². The van der Waals surface area contributed by atoms with Crippen molar-refractivity contribution in [2.45, 2.75) is 58.7 Å². The predicted molar refractivity (Wildman–Crippen MR) is 115 cm³/mol. The first-order valence-corrected chi connectivity index (χ1v) is 11.1. The lowest BCUT2D eigenvalue weighted by atomic mass is 9.86. The lowest BCUT2D eigenvalue weighted by Crippen LogP contribution is -2.45. The van der Waals surface area contributed by atoms with Crippen molar-refractivity contribution in [3.63, 3.8) is 0 Å². The normalized spacial score (nSPS) is 24.1. The Morgan fingerprint density at radius 1 is 1.07 bits per heavy atom. The predicted octanol–water partition coefficient (Wildman–Crippen LogP) is 3.54. The van der Waals surface area contributed by atoms with Crippen molar-refractivity contribution < 1.29 is 4.79 Å². The van der Waals surface area contributed by atoms with Gasteiger partial charge in [0.2, 0.25) is 0 Å². The molecule has 1 aliphatic heterocycles. The summed E-state index contributed by atoms with van der Waals surface area (Å²) in [5.41, 5.74) is 2.52. The third-order valence-corrected chi connectivity index (χ3v) is 6.56. The molecule has 2 fully saturated rings. The van der Waals surface area contributed by atoms with Crippen molar-refractivity contribution in [3.8, 4) is 0 Å². The zero-order chi connectivity index (χ0) is 19.9. The summed E-state index contributed by atoms with van der Waals surface area (Å²) in [6.45, 7) is 12.0. The van der Waals surface area contributed by atoms with Gasteiger partial charge in [-0.3, -0.25) is 4.90 Å². The van der Waals surface area contributed by atoms with E-state index in [1.54, 1.807) is 0 Å². The molecule has 1 saturated carbocycles. The van der Waals surface area contributed by atoms with Crippen LogP contribution in [-0.2, 0) is 13.1 Å². The summed E-state index contributed by atoms with van der Waals surface area (Å²) in [7, 11) is 1.94. The Bertz CT molecular complexity index is 610. The van der Waals surface area contributed by atoms with E-state index < -0.39 is 0 Å². The van der Waals surface area contributed by atoms with Crippen LogP contribution in [0.5, 0.6) is 0 Å². The number of hydrogen-bond acceptors (Lipinski definition) is 3. The number of nitrogens with zero attached hydrogens (tertiary/aromatic N) is 3. The maximum Gasteiger partial charge on any atom is 0.317 e. The minimum Gasteiger partial charge on any atom is -0.334 e. The second kappa shape index (κ2) is 10.3. The van der Waals surface area contributed by atoms with Crippen LogP contribution in [-0.4, -0.2) is 66.5 Å². The van der Waals surface area contributed by atoms with Crippen molar-refractivity contribution >= 4 is 6.03 Å². The molecule has 2 unspecified atom stereocenters. The summed E-state index contributed by atoms with van der Waals surface area (Å²) in [5.74, 6) is 0.728. The SMILES string of the molecule is CCN1CCN(Cc2ccc(CNC(=O)N(C)C3CCCC(C)C3)cc2)CC1. The smallest absolute Gasteiger partial charge is 0.317 e. The molecule has 3 rings (SSSR count). The number of carbonyl (C=O) groups excluding carboxylic acids is 1. The third-order valence-electron chi connectivity index (χ3n) is 6.56. The number of likely N-dealkylation sites (N-methyl/N-ethyl adjacent to an activating group) is 1. The molecule has 5 nitrogen and oxygen atoms in total. The van der Waals surface area contributed by atoms with Gasteiger partial charge in [0.25, 0.3) is 0 Å². The van der Waals surface area contributed by atoms with Gasteiger partial charge in [0.05, 0.1) is 0 Å². The number of amides is 2. The Labute approximate surface area is 171 Å². The van der Waals surface area contributed by atoms with E-state index >= 15 is 0 Å². The minimum absolute atomic E-state index is 0.0528. The summed E-state index contributed by atoms with van der Waals surface area (Å²) >= 11 is 0. The van der Waals surface area contributed by atoms with Gasteiger partial charge in [0.15, 0.2) is 0 Å². The van der Waals surface area contributed by atoms with Crippen molar-refractivity contribution in [1.82, 2.24) is 20.0 Å². The highest BCUT2D eigenvalue weighted by molar-refractivity contribution is 5.74. The molecule has 0 aromatic heterocycles. The Morgan fingerprint density at radius 2 is 1.71 bits per heavy atom. The molecule has 1 aliphatic carbocycles. The number of urea groups is 1. The zero-order valence-corrected chi connectivity index (χ0v) is 18.0. The lowest BCUT2D eigenvalue weighted by molar-refractivity contribution is 0.132. The Kier molecular flexibility index (Phi) is 7.74. The molecule has 0 radical (unpaired) electrons. The Hall–Kier alpha value is -1.59. The molecule has 2 atom stereocenters. The van der Waals surface area contributed by atoms with E-state index in [2.05, 4.69) is 53.2 Å². The number of rotatable bonds is 6. The highest BCUT2D eigenvalue weighted by Crippen LogP contribution is 2.26. The molecule has 5 heteroatoms. The van der Waals surface area contributed by atoms with Crippen LogP contribution in [0.2, 0.25) is 0 Å². The van der Waals surface area contributed by atoms with Gasteiger partial charge in [-0.05, 0) is 36.4 Å². The van der Waals surface area contributed by atoms with E-state index in [9.17, 15) is 4.79 Å². The lowest BCUT2D eigenvalue weighted by Gasteiger charge is -2.34. The van der Waals surface area contributed by atoms with Crippen LogP contribution < -0.4 is 5.32 Å². The van der Waals surface area contributed by atoms with Crippen molar-refractivity contribution in [2.24, 2.45) is 5.92 Å². The fraction of sp³-hybridized carbons (Fsp3) is 0.696. The molecule has 1 N–H and O–H groups in total. The number of carbonyl (C=O) groups is 1. The molecular formula is C23H38N4O. The number of benzene rings is 1. The maximum absolute atomic E-state index is 12.5. The number of piperazine rings is 1. The van der Waals surface area contributed by atoms with Crippen LogP contribution in [0.15, 0.2) is 24.3 Å². The fourth-order valence-corrected chi connectivity index (χ4v) is 4.51. The Morgan fingerprint density at radius 3 is 2.36 bits per heavy atom. The average molecular weight is 387 g/mol. The molecule has 28 heavy (non-hydrogen) atoms. The van der Waals surface area contributed by atoms with Crippen LogP contribution >= 0.6 is 0 Å². The van der Waals surface area contributed by atoms with Gasteiger partial charge in [-0.15, -0.1) is 0 Å². The quantitative estimate of drug-likeness (QED) is 0.813. The summed E-state index contributed by atoms with van der Waals surface area (Å²) in [4.78, 5) is 19.5. The first-order chi connectivity index (χ1) is 13.5. The summed E-state index contributed by atoms with van der Waals surface area (Å²) in [6, 6.07) is 9.16. The Balaban J connectivity index is 1.42. The first-order valence-electron chi connectivity index (χ1n) is 11.1. The van der Waals surface area contributed by atoms with Gasteiger partial charge in [0, 0.05) is 52.4 Å². The van der Waals surface area contributed by atoms with E-state index in [-0.39, 0.29) is 6.03 Å². The number of hydrogen-bond donors (Lipinski definition) is 1. The molecule has 2 aliphatic rings. The molecule has 1 saturated heterocycles. The van der Waals surface area contributed by atoms with Gasteiger partial charge in [-0.25, -0.2) is 4.79 Å². The molecule has 1 aromatic rings. The molecule has 0 bridgehead atoms. The van der Waals surface area contributed by atoms with Crippen LogP contribution in [0.1, 0.15) is 50.7 Å². The second-order valence-corrected chi connectivity index (χ2v) is 8.72. The van der Waals surface area contributed by atoms with Gasteiger partial charge >= 0.3 is 6.03 Å². The topological polar surface area (TPSA) is 38.8 Å². The fourth-order valence-electron chi connectivity index (χ4n) is 4.51. The van der Waals surface area contributed by atoms with Crippen LogP contribution in [0.4, 0.5) is 4.79 Å².